The Morgan fingerprint density at radius 2 is 1.67 bits per heavy atom. The first-order chi connectivity index (χ1) is 9.72. The highest BCUT2D eigenvalue weighted by molar-refractivity contribution is 5.96. The van der Waals surface area contributed by atoms with E-state index >= 15 is 0 Å². The molecule has 120 valence electrons. The molecule has 0 bridgehead atoms. The maximum Gasteiger partial charge on any atom is 0.322 e. The van der Waals surface area contributed by atoms with Gasteiger partial charge < -0.3 is 15.7 Å². The van der Waals surface area contributed by atoms with Crippen LogP contribution in [0.1, 0.15) is 40.0 Å². The van der Waals surface area contributed by atoms with Crippen LogP contribution in [0.25, 0.3) is 0 Å². The minimum absolute atomic E-state index is 0.0619. The number of urea groups is 1. The average molecular weight is 301 g/mol. The van der Waals surface area contributed by atoms with Crippen molar-refractivity contribution in [1.82, 2.24) is 16.0 Å². The predicted molar refractivity (Wildman–Crippen MR) is 75.5 cm³/mol. The molecule has 0 radical (unpaired) electrons. The molecule has 4 amide bonds. The fourth-order valence-corrected chi connectivity index (χ4v) is 1.35. The van der Waals surface area contributed by atoms with Crippen LogP contribution in [0, 0.1) is 5.92 Å². The van der Waals surface area contributed by atoms with E-state index in [1.54, 1.807) is 0 Å². The lowest BCUT2D eigenvalue weighted by atomic mass is 10.2. The summed E-state index contributed by atoms with van der Waals surface area (Å²) in [5, 5.41) is 15.5. The van der Waals surface area contributed by atoms with Crippen molar-refractivity contribution in [2.45, 2.75) is 46.1 Å². The van der Waals surface area contributed by atoms with Crippen LogP contribution in [0.3, 0.4) is 0 Å². The molecule has 0 spiro atoms. The van der Waals surface area contributed by atoms with Crippen molar-refractivity contribution in [3.8, 4) is 0 Å². The van der Waals surface area contributed by atoms with Crippen LogP contribution in [0.15, 0.2) is 0 Å². The number of amides is 4. The predicted octanol–water partition coefficient (Wildman–Crippen LogP) is 0.228. The van der Waals surface area contributed by atoms with Crippen LogP contribution in [0.2, 0.25) is 0 Å². The Bertz CT molecular complexity index is 395. The topological polar surface area (TPSA) is 125 Å². The monoisotopic (exact) mass is 301 g/mol. The van der Waals surface area contributed by atoms with Gasteiger partial charge in [0.2, 0.25) is 11.8 Å². The molecule has 21 heavy (non-hydrogen) atoms. The minimum atomic E-state index is -0.998. The van der Waals surface area contributed by atoms with E-state index in [0.717, 1.165) is 0 Å². The van der Waals surface area contributed by atoms with Crippen LogP contribution in [-0.4, -0.2) is 41.5 Å². The van der Waals surface area contributed by atoms with Gasteiger partial charge in [0, 0.05) is 19.4 Å². The molecule has 0 aliphatic carbocycles. The molecule has 0 rings (SSSR count). The van der Waals surface area contributed by atoms with Gasteiger partial charge in [-0.25, -0.2) is 4.79 Å². The zero-order chi connectivity index (χ0) is 16.4. The quantitative estimate of drug-likeness (QED) is 0.510. The molecule has 0 aromatic carbocycles. The number of rotatable bonds is 8. The van der Waals surface area contributed by atoms with Crippen molar-refractivity contribution in [1.29, 1.82) is 0 Å². The van der Waals surface area contributed by atoms with Gasteiger partial charge in [-0.3, -0.25) is 19.7 Å². The molecule has 0 heterocycles. The van der Waals surface area contributed by atoms with E-state index in [1.807, 2.05) is 19.2 Å². The summed E-state index contributed by atoms with van der Waals surface area (Å²) < 4.78 is 0. The lowest BCUT2D eigenvalue weighted by Gasteiger charge is -2.15. The molecule has 8 heteroatoms. The van der Waals surface area contributed by atoms with E-state index in [4.69, 9.17) is 5.11 Å². The van der Waals surface area contributed by atoms with E-state index in [9.17, 15) is 19.2 Å². The summed E-state index contributed by atoms with van der Waals surface area (Å²) in [4.78, 5) is 44.7. The summed E-state index contributed by atoms with van der Waals surface area (Å²) in [7, 11) is 0. The Balaban J connectivity index is 3.98. The second-order valence-electron chi connectivity index (χ2n) is 5.13. The number of imide groups is 1. The van der Waals surface area contributed by atoms with Crippen molar-refractivity contribution >= 4 is 23.8 Å². The lowest BCUT2D eigenvalue weighted by Crippen LogP contribution is -2.50. The molecule has 8 nitrogen and oxygen atoms in total. The van der Waals surface area contributed by atoms with Crippen molar-refractivity contribution in [3.63, 3.8) is 0 Å². The van der Waals surface area contributed by atoms with Crippen LogP contribution in [-0.2, 0) is 14.4 Å². The Hall–Kier alpha value is -2.12. The number of hydrogen-bond acceptors (Lipinski definition) is 4. The summed E-state index contributed by atoms with van der Waals surface area (Å²) in [6, 6.07) is -1.54. The van der Waals surface area contributed by atoms with Gasteiger partial charge >= 0.3 is 12.0 Å². The third-order valence-corrected chi connectivity index (χ3v) is 2.47. The van der Waals surface area contributed by atoms with Gasteiger partial charge in [-0.2, -0.15) is 0 Å². The van der Waals surface area contributed by atoms with Crippen molar-refractivity contribution in [2.24, 2.45) is 5.92 Å². The van der Waals surface area contributed by atoms with Crippen molar-refractivity contribution in [3.05, 3.63) is 0 Å². The number of nitrogens with one attached hydrogen (secondary N) is 3. The Morgan fingerprint density at radius 3 is 2.19 bits per heavy atom. The van der Waals surface area contributed by atoms with Crippen LogP contribution >= 0.6 is 0 Å². The van der Waals surface area contributed by atoms with E-state index in [1.165, 1.54) is 6.92 Å². The lowest BCUT2D eigenvalue weighted by molar-refractivity contribution is -0.137. The molecular weight excluding hydrogens is 278 g/mol. The third-order valence-electron chi connectivity index (χ3n) is 2.47. The smallest absolute Gasteiger partial charge is 0.322 e. The molecule has 1 atom stereocenters. The molecule has 0 aromatic heterocycles. The van der Waals surface area contributed by atoms with Crippen molar-refractivity contribution in [2.75, 3.05) is 6.54 Å². The van der Waals surface area contributed by atoms with Gasteiger partial charge in [0.1, 0.15) is 6.04 Å². The van der Waals surface area contributed by atoms with Gasteiger partial charge in [-0.05, 0) is 19.3 Å². The van der Waals surface area contributed by atoms with Crippen LogP contribution in [0.5, 0.6) is 0 Å². The van der Waals surface area contributed by atoms with Crippen LogP contribution < -0.4 is 16.0 Å². The first kappa shape index (κ1) is 18.9. The molecule has 0 saturated carbocycles. The molecule has 0 aliphatic rings. The maximum atomic E-state index is 11.6. The molecule has 0 saturated heterocycles. The van der Waals surface area contributed by atoms with Gasteiger partial charge in [0.25, 0.3) is 0 Å². The number of carbonyl (C=O) groups excluding carboxylic acids is 3. The number of hydrogen-bond donors (Lipinski definition) is 4. The Kier molecular flexibility index (Phi) is 8.75. The Labute approximate surface area is 123 Å². The summed E-state index contributed by atoms with van der Waals surface area (Å²) in [6.07, 6.45) is -0.0461. The highest BCUT2D eigenvalue weighted by atomic mass is 16.4. The molecule has 1 unspecified atom stereocenters. The van der Waals surface area contributed by atoms with E-state index in [0.29, 0.717) is 12.5 Å². The molecule has 0 fully saturated rings. The summed E-state index contributed by atoms with van der Waals surface area (Å²) in [5.41, 5.74) is 0. The van der Waals surface area contributed by atoms with Gasteiger partial charge in [0.15, 0.2) is 0 Å². The maximum absolute atomic E-state index is 11.6. The van der Waals surface area contributed by atoms with Gasteiger partial charge in [-0.1, -0.05) is 13.8 Å². The largest absolute Gasteiger partial charge is 0.481 e. The van der Waals surface area contributed by atoms with E-state index in [-0.39, 0.29) is 25.2 Å². The average Bonchev–Trinajstić information content (AvgIpc) is 2.34. The molecular formula is C13H23N3O5. The zero-order valence-corrected chi connectivity index (χ0v) is 12.6. The highest BCUT2D eigenvalue weighted by Crippen LogP contribution is 1.95. The SMILES string of the molecule is CC(C)CNC(=O)C(C)NC(=O)NC(=O)CCCC(=O)O. The molecule has 4 N–H and O–H groups in total. The Morgan fingerprint density at radius 1 is 1.05 bits per heavy atom. The number of carboxylic acids is 1. The first-order valence-corrected chi connectivity index (χ1v) is 6.82. The standard InChI is InChI=1S/C13H23N3O5/c1-8(2)7-14-12(20)9(3)15-13(21)16-10(17)5-4-6-11(18)19/h8-9H,4-7H2,1-3H3,(H,14,20)(H,18,19)(H2,15,16,17,21). The summed E-state index contributed by atoms with van der Waals surface area (Å²) >= 11 is 0. The number of carbonyl (C=O) groups is 4. The molecule has 0 aromatic rings. The second-order valence-corrected chi connectivity index (χ2v) is 5.13. The molecule has 0 aliphatic heterocycles. The van der Waals surface area contributed by atoms with Gasteiger partial charge in [0.05, 0.1) is 0 Å². The van der Waals surface area contributed by atoms with E-state index in [2.05, 4.69) is 10.6 Å². The third kappa shape index (κ3) is 10.3. The fraction of sp³-hybridized carbons (Fsp3) is 0.692. The zero-order valence-electron chi connectivity index (χ0n) is 12.6. The van der Waals surface area contributed by atoms with Crippen molar-refractivity contribution < 1.29 is 24.3 Å². The summed E-state index contributed by atoms with van der Waals surface area (Å²) in [5.74, 6) is -1.62. The minimum Gasteiger partial charge on any atom is -0.481 e. The normalized spacial score (nSPS) is 11.6. The number of carboxylic acid groups (broad SMARTS) is 1. The second kappa shape index (κ2) is 9.73. The van der Waals surface area contributed by atoms with E-state index < -0.39 is 23.9 Å². The van der Waals surface area contributed by atoms with Gasteiger partial charge in [-0.15, -0.1) is 0 Å². The highest BCUT2D eigenvalue weighted by Gasteiger charge is 2.16. The first-order valence-electron chi connectivity index (χ1n) is 6.82. The fourth-order valence-electron chi connectivity index (χ4n) is 1.35. The number of aliphatic carboxylic acids is 1. The van der Waals surface area contributed by atoms with Crippen LogP contribution in [0.4, 0.5) is 4.79 Å². The summed E-state index contributed by atoms with van der Waals surface area (Å²) in [6.45, 7) is 5.90.